The van der Waals surface area contributed by atoms with Crippen LogP contribution in [0.25, 0.3) is 0 Å². The molecule has 0 radical (unpaired) electrons. The molecular formula is C22H28O3. The van der Waals surface area contributed by atoms with E-state index in [0.29, 0.717) is 23.2 Å². The van der Waals surface area contributed by atoms with Crippen LogP contribution in [0.15, 0.2) is 60.7 Å². The summed E-state index contributed by atoms with van der Waals surface area (Å²) in [5.74, 6) is 1.84. The average Bonchev–Trinajstić information content (AvgIpc) is 2.91. The van der Waals surface area contributed by atoms with Crippen LogP contribution < -0.4 is 0 Å². The Morgan fingerprint density at radius 2 is 1.28 bits per heavy atom. The Bertz CT molecular complexity index is 641. The van der Waals surface area contributed by atoms with E-state index in [1.54, 1.807) is 48.5 Å². The molecule has 3 nitrogen and oxygen atoms in total. The number of rotatable bonds is 0. The van der Waals surface area contributed by atoms with Crippen molar-refractivity contribution in [1.29, 1.82) is 0 Å². The summed E-state index contributed by atoms with van der Waals surface area (Å²) < 4.78 is 0. The summed E-state index contributed by atoms with van der Waals surface area (Å²) in [5.41, 5.74) is 0.307. The van der Waals surface area contributed by atoms with Gasteiger partial charge in [0, 0.05) is 11.8 Å². The number of phenolic OH excluding ortho intramolecular Hbond substituents is 2. The minimum Gasteiger partial charge on any atom is -0.508 e. The summed E-state index contributed by atoms with van der Waals surface area (Å²) in [5, 5.41) is 17.3. The van der Waals surface area contributed by atoms with Crippen molar-refractivity contribution in [3.8, 4) is 11.5 Å². The van der Waals surface area contributed by atoms with Crippen molar-refractivity contribution in [2.24, 2.45) is 16.7 Å². The van der Waals surface area contributed by atoms with Crippen LogP contribution in [0.3, 0.4) is 0 Å². The molecule has 2 saturated carbocycles. The predicted octanol–water partition coefficient (Wildman–Crippen LogP) is 5.19. The van der Waals surface area contributed by atoms with E-state index < -0.39 is 0 Å². The lowest BCUT2D eigenvalue weighted by Crippen LogP contribution is -2.32. The van der Waals surface area contributed by atoms with E-state index in [9.17, 15) is 4.79 Å². The van der Waals surface area contributed by atoms with Gasteiger partial charge >= 0.3 is 0 Å². The van der Waals surface area contributed by atoms with Gasteiger partial charge in [-0.2, -0.15) is 0 Å². The van der Waals surface area contributed by atoms with Crippen LogP contribution in [0, 0.1) is 16.7 Å². The lowest BCUT2D eigenvalue weighted by molar-refractivity contribution is -0.128. The molecule has 2 aromatic rings. The first-order valence-corrected chi connectivity index (χ1v) is 8.78. The third-order valence-electron chi connectivity index (χ3n) is 6.00. The van der Waals surface area contributed by atoms with Crippen molar-refractivity contribution in [1.82, 2.24) is 0 Å². The fraction of sp³-hybridized carbons (Fsp3) is 0.409. The van der Waals surface area contributed by atoms with Crippen LogP contribution in [0.5, 0.6) is 11.5 Å². The second-order valence-electron chi connectivity index (χ2n) is 7.59. The Morgan fingerprint density at radius 3 is 1.44 bits per heavy atom. The number of ketones is 1. The van der Waals surface area contributed by atoms with Gasteiger partial charge in [0.2, 0.25) is 0 Å². The van der Waals surface area contributed by atoms with E-state index in [2.05, 4.69) is 20.8 Å². The SMILES string of the molecule is CC12CCC(CC1=O)C2(C)C.Oc1ccccc1.Oc1ccccc1. The standard InChI is InChI=1S/C10H16O.2C6H6O/c1-9(2)7-4-5-10(9,3)8(11)6-7;2*7-6-4-2-1-3-5-6/h7H,4-6H2,1-3H3;2*1-5,7H. The van der Waals surface area contributed by atoms with Crippen molar-refractivity contribution in [2.75, 3.05) is 0 Å². The number of phenols is 2. The molecule has 2 aliphatic rings. The molecule has 2 N–H and O–H groups in total. The summed E-state index contributed by atoms with van der Waals surface area (Å²) in [6.07, 6.45) is 3.25. The highest BCUT2D eigenvalue weighted by Crippen LogP contribution is 2.63. The number of Topliss-reactive ketones (excluding diaryl/α,β-unsaturated/α-hetero) is 1. The zero-order valence-corrected chi connectivity index (χ0v) is 15.3. The molecule has 2 fully saturated rings. The molecular weight excluding hydrogens is 312 g/mol. The molecule has 3 heteroatoms. The summed E-state index contributed by atoms with van der Waals surface area (Å²) >= 11 is 0. The molecule has 0 saturated heterocycles. The topological polar surface area (TPSA) is 57.5 Å². The van der Waals surface area contributed by atoms with E-state index >= 15 is 0 Å². The maximum Gasteiger partial charge on any atom is 0.139 e. The fourth-order valence-electron chi connectivity index (χ4n) is 3.76. The summed E-state index contributed by atoms with van der Waals surface area (Å²) in [6, 6.07) is 17.4. The molecule has 0 heterocycles. The number of hydrogen-bond donors (Lipinski definition) is 2. The van der Waals surface area contributed by atoms with E-state index in [1.807, 2.05) is 12.1 Å². The molecule has 2 atom stereocenters. The predicted molar refractivity (Wildman–Crippen MR) is 100 cm³/mol. The van der Waals surface area contributed by atoms with Gasteiger partial charge in [0.05, 0.1) is 0 Å². The van der Waals surface area contributed by atoms with Crippen molar-refractivity contribution in [3.63, 3.8) is 0 Å². The molecule has 134 valence electrons. The number of fused-ring (bicyclic) bond motifs is 2. The summed E-state index contributed by atoms with van der Waals surface area (Å²) in [7, 11) is 0. The van der Waals surface area contributed by atoms with Crippen molar-refractivity contribution < 1.29 is 15.0 Å². The second kappa shape index (κ2) is 7.73. The van der Waals surface area contributed by atoms with Gasteiger partial charge in [-0.05, 0) is 48.4 Å². The van der Waals surface area contributed by atoms with Crippen LogP contribution in [-0.4, -0.2) is 16.0 Å². The van der Waals surface area contributed by atoms with Crippen LogP contribution in [-0.2, 0) is 4.79 Å². The largest absolute Gasteiger partial charge is 0.508 e. The van der Waals surface area contributed by atoms with Crippen LogP contribution in [0.2, 0.25) is 0 Å². The molecule has 2 unspecified atom stereocenters. The van der Waals surface area contributed by atoms with Gasteiger partial charge in [-0.1, -0.05) is 57.2 Å². The van der Waals surface area contributed by atoms with E-state index in [1.165, 1.54) is 6.42 Å². The first kappa shape index (κ1) is 19.0. The highest BCUT2D eigenvalue weighted by atomic mass is 16.3. The maximum absolute atomic E-state index is 11.6. The maximum atomic E-state index is 11.6. The number of carbonyl (C=O) groups is 1. The molecule has 0 aliphatic heterocycles. The molecule has 2 bridgehead atoms. The number of para-hydroxylation sites is 2. The molecule has 0 amide bonds. The molecule has 4 rings (SSSR count). The third kappa shape index (κ3) is 4.22. The molecule has 0 aromatic heterocycles. The monoisotopic (exact) mass is 340 g/mol. The quantitative estimate of drug-likeness (QED) is 0.694. The Hall–Kier alpha value is -2.29. The highest BCUT2D eigenvalue weighted by Gasteiger charge is 2.61. The average molecular weight is 340 g/mol. The minimum absolute atomic E-state index is 0.0255. The Kier molecular flexibility index (Phi) is 5.89. The minimum atomic E-state index is 0.0255. The van der Waals surface area contributed by atoms with E-state index in [4.69, 9.17) is 10.2 Å². The third-order valence-corrected chi connectivity index (χ3v) is 6.00. The fourth-order valence-corrected chi connectivity index (χ4v) is 3.76. The zero-order chi connectivity index (χ0) is 18.5. The first-order valence-electron chi connectivity index (χ1n) is 8.78. The van der Waals surface area contributed by atoms with Crippen molar-refractivity contribution in [3.05, 3.63) is 60.7 Å². The van der Waals surface area contributed by atoms with Gasteiger partial charge in [-0.15, -0.1) is 0 Å². The summed E-state index contributed by atoms with van der Waals surface area (Å²) in [4.78, 5) is 11.6. The molecule has 0 spiro atoms. The lowest BCUT2D eigenvalue weighted by Gasteiger charge is -2.32. The van der Waals surface area contributed by atoms with Crippen molar-refractivity contribution >= 4 is 5.78 Å². The van der Waals surface area contributed by atoms with Crippen LogP contribution in [0.1, 0.15) is 40.0 Å². The smallest absolute Gasteiger partial charge is 0.139 e. The first-order chi connectivity index (χ1) is 11.8. The van der Waals surface area contributed by atoms with Gasteiger partial charge in [0.25, 0.3) is 0 Å². The van der Waals surface area contributed by atoms with Gasteiger partial charge in [-0.3, -0.25) is 4.79 Å². The summed E-state index contributed by atoms with van der Waals surface area (Å²) in [6.45, 7) is 6.67. The van der Waals surface area contributed by atoms with Gasteiger partial charge < -0.3 is 10.2 Å². The highest BCUT2D eigenvalue weighted by molar-refractivity contribution is 5.89. The molecule has 2 aromatic carbocycles. The van der Waals surface area contributed by atoms with Gasteiger partial charge in [0.15, 0.2) is 0 Å². The Morgan fingerprint density at radius 1 is 0.840 bits per heavy atom. The second-order valence-corrected chi connectivity index (χ2v) is 7.59. The van der Waals surface area contributed by atoms with Gasteiger partial charge in [0.1, 0.15) is 17.3 Å². The Balaban J connectivity index is 0.000000142. The normalized spacial score (nSPS) is 25.4. The van der Waals surface area contributed by atoms with E-state index in [-0.39, 0.29) is 10.8 Å². The number of benzene rings is 2. The number of aromatic hydroxyl groups is 2. The number of hydrogen-bond acceptors (Lipinski definition) is 3. The van der Waals surface area contributed by atoms with Crippen LogP contribution >= 0.6 is 0 Å². The Labute approximate surface area is 150 Å². The van der Waals surface area contributed by atoms with Crippen LogP contribution in [0.4, 0.5) is 0 Å². The van der Waals surface area contributed by atoms with E-state index in [0.717, 1.165) is 12.8 Å². The molecule has 25 heavy (non-hydrogen) atoms. The number of carbonyl (C=O) groups excluding carboxylic acids is 1. The van der Waals surface area contributed by atoms with Gasteiger partial charge in [-0.25, -0.2) is 0 Å². The zero-order valence-electron chi connectivity index (χ0n) is 15.3. The lowest BCUT2D eigenvalue weighted by atomic mass is 9.70. The molecule has 2 aliphatic carbocycles. The van der Waals surface area contributed by atoms with Crippen molar-refractivity contribution in [2.45, 2.75) is 40.0 Å².